The van der Waals surface area contributed by atoms with Gasteiger partial charge in [-0.2, -0.15) is 0 Å². The number of nitrogens with zero attached hydrogens (tertiary/aromatic N) is 1. The molecule has 3 rings (SSSR count). The van der Waals surface area contributed by atoms with Gasteiger partial charge in [-0.05, 0) is 42.1 Å². The molecule has 0 saturated carbocycles. The number of ether oxygens (including phenoxy) is 1. The van der Waals surface area contributed by atoms with Crippen LogP contribution in [0.1, 0.15) is 15.9 Å². The van der Waals surface area contributed by atoms with E-state index in [1.807, 2.05) is 0 Å². The summed E-state index contributed by atoms with van der Waals surface area (Å²) in [5, 5.41) is 10.9. The zero-order valence-electron chi connectivity index (χ0n) is 15.2. The summed E-state index contributed by atoms with van der Waals surface area (Å²) in [6, 6.07) is 12.7. The van der Waals surface area contributed by atoms with Crippen LogP contribution in [0.25, 0.3) is 6.08 Å². The number of carboxylic acids is 1. The molecule has 2 aromatic carbocycles. The number of hydrogen-bond acceptors (Lipinski definition) is 6. The second-order valence-corrected chi connectivity index (χ2v) is 6.94. The van der Waals surface area contributed by atoms with E-state index in [4.69, 9.17) is 9.84 Å². The van der Waals surface area contributed by atoms with Gasteiger partial charge >= 0.3 is 5.97 Å². The molecular formula is C20H16N2O6S. The molecule has 0 radical (unpaired) electrons. The SMILES string of the molecule is COc1ccccc1/C=C1\SC(=O)N(CC(=O)Nc2cccc(C(=O)O)c2)C1=O. The summed E-state index contributed by atoms with van der Waals surface area (Å²) in [6.07, 6.45) is 1.54. The lowest BCUT2D eigenvalue weighted by atomic mass is 10.2. The van der Waals surface area contributed by atoms with Crippen LogP contribution in [-0.4, -0.2) is 46.7 Å². The maximum Gasteiger partial charge on any atom is 0.335 e. The number of aromatic carboxylic acids is 1. The Bertz CT molecular complexity index is 1030. The molecule has 1 aliphatic rings. The highest BCUT2D eigenvalue weighted by Gasteiger charge is 2.36. The van der Waals surface area contributed by atoms with Gasteiger partial charge in [0.05, 0.1) is 17.6 Å². The monoisotopic (exact) mass is 412 g/mol. The molecule has 29 heavy (non-hydrogen) atoms. The molecule has 2 aromatic rings. The topological polar surface area (TPSA) is 113 Å². The molecule has 8 nitrogen and oxygen atoms in total. The number of benzene rings is 2. The maximum atomic E-state index is 12.6. The molecule has 1 saturated heterocycles. The van der Waals surface area contributed by atoms with Crippen molar-refractivity contribution < 1.29 is 29.0 Å². The summed E-state index contributed by atoms with van der Waals surface area (Å²) in [6.45, 7) is -0.481. The van der Waals surface area contributed by atoms with Crippen LogP contribution in [0.15, 0.2) is 53.4 Å². The molecule has 0 aromatic heterocycles. The number of thioether (sulfide) groups is 1. The Hall–Kier alpha value is -3.59. The van der Waals surface area contributed by atoms with Gasteiger partial charge < -0.3 is 15.2 Å². The number of para-hydroxylation sites is 1. The van der Waals surface area contributed by atoms with Crippen LogP contribution >= 0.6 is 11.8 Å². The third kappa shape index (κ3) is 4.64. The number of nitrogens with one attached hydrogen (secondary N) is 1. The summed E-state index contributed by atoms with van der Waals surface area (Å²) in [4.78, 5) is 49.1. The standard InChI is InChI=1S/C20H16N2O6S/c1-28-15-8-3-2-5-12(15)10-16-18(24)22(20(27)29-16)11-17(23)21-14-7-4-6-13(9-14)19(25)26/h2-10H,11H2,1H3,(H,21,23)(H,25,26)/b16-10-. The molecule has 0 spiro atoms. The first-order valence-corrected chi connectivity index (χ1v) is 9.22. The maximum absolute atomic E-state index is 12.6. The fourth-order valence-electron chi connectivity index (χ4n) is 2.64. The summed E-state index contributed by atoms with van der Waals surface area (Å²) in [7, 11) is 1.50. The number of carbonyl (C=O) groups is 4. The molecule has 0 aliphatic carbocycles. The van der Waals surface area contributed by atoms with Crippen molar-refractivity contribution in [1.29, 1.82) is 0 Å². The highest BCUT2D eigenvalue weighted by atomic mass is 32.2. The Morgan fingerprint density at radius 1 is 1.17 bits per heavy atom. The summed E-state index contributed by atoms with van der Waals surface area (Å²) < 4.78 is 5.23. The molecule has 1 aliphatic heterocycles. The summed E-state index contributed by atoms with van der Waals surface area (Å²) >= 11 is 0.736. The van der Waals surface area contributed by atoms with Crippen LogP contribution in [0.5, 0.6) is 5.75 Å². The van der Waals surface area contributed by atoms with Crippen molar-refractivity contribution in [2.45, 2.75) is 0 Å². The van der Waals surface area contributed by atoms with E-state index in [2.05, 4.69) is 5.32 Å². The van der Waals surface area contributed by atoms with E-state index in [0.717, 1.165) is 16.7 Å². The van der Waals surface area contributed by atoms with Crippen LogP contribution in [0.3, 0.4) is 0 Å². The number of anilines is 1. The smallest absolute Gasteiger partial charge is 0.335 e. The van der Waals surface area contributed by atoms with Gasteiger partial charge in [0.25, 0.3) is 11.1 Å². The van der Waals surface area contributed by atoms with Gasteiger partial charge in [-0.15, -0.1) is 0 Å². The average Bonchev–Trinajstić information content (AvgIpc) is 2.96. The Labute approximate surface area is 170 Å². The third-order valence-electron chi connectivity index (χ3n) is 3.99. The lowest BCUT2D eigenvalue weighted by molar-refractivity contribution is -0.127. The molecule has 3 amide bonds. The van der Waals surface area contributed by atoms with Crippen LogP contribution in [0.4, 0.5) is 10.5 Å². The van der Waals surface area contributed by atoms with Gasteiger partial charge in [0, 0.05) is 11.3 Å². The highest BCUT2D eigenvalue weighted by molar-refractivity contribution is 8.18. The lowest BCUT2D eigenvalue weighted by Crippen LogP contribution is -2.36. The second-order valence-electron chi connectivity index (χ2n) is 5.94. The number of carboxylic acid groups (broad SMARTS) is 1. The van der Waals surface area contributed by atoms with Gasteiger partial charge in [-0.25, -0.2) is 4.79 Å². The Morgan fingerprint density at radius 2 is 1.93 bits per heavy atom. The molecule has 0 bridgehead atoms. The molecule has 148 valence electrons. The molecule has 0 unspecified atom stereocenters. The minimum Gasteiger partial charge on any atom is -0.496 e. The van der Waals surface area contributed by atoms with Crippen LogP contribution in [0.2, 0.25) is 0 Å². The van der Waals surface area contributed by atoms with Gasteiger partial charge in [0.1, 0.15) is 12.3 Å². The molecule has 9 heteroatoms. The van der Waals surface area contributed by atoms with E-state index >= 15 is 0 Å². The van der Waals surface area contributed by atoms with E-state index in [1.54, 1.807) is 24.3 Å². The first-order valence-electron chi connectivity index (χ1n) is 8.40. The van der Waals surface area contributed by atoms with Gasteiger partial charge in [-0.3, -0.25) is 19.3 Å². The third-order valence-corrected chi connectivity index (χ3v) is 4.90. The zero-order chi connectivity index (χ0) is 21.0. The highest BCUT2D eigenvalue weighted by Crippen LogP contribution is 2.33. The lowest BCUT2D eigenvalue weighted by Gasteiger charge is -2.12. The fourth-order valence-corrected chi connectivity index (χ4v) is 3.47. The van der Waals surface area contributed by atoms with Gasteiger partial charge in [0.15, 0.2) is 0 Å². The van der Waals surface area contributed by atoms with Crippen molar-refractivity contribution in [3.8, 4) is 5.75 Å². The van der Waals surface area contributed by atoms with E-state index < -0.39 is 29.6 Å². The van der Waals surface area contributed by atoms with E-state index in [1.165, 1.54) is 37.5 Å². The quantitative estimate of drug-likeness (QED) is 0.701. The molecule has 1 fully saturated rings. The number of methoxy groups -OCH3 is 1. The minimum atomic E-state index is -1.13. The van der Waals surface area contributed by atoms with Crippen molar-refractivity contribution in [1.82, 2.24) is 4.90 Å². The van der Waals surface area contributed by atoms with Crippen molar-refractivity contribution in [2.75, 3.05) is 19.0 Å². The number of imide groups is 1. The minimum absolute atomic E-state index is 0.00806. The van der Waals surface area contributed by atoms with Crippen molar-refractivity contribution in [2.24, 2.45) is 0 Å². The number of rotatable bonds is 6. The predicted octanol–water partition coefficient (Wildman–Crippen LogP) is 3.07. The summed E-state index contributed by atoms with van der Waals surface area (Å²) in [5.74, 6) is -1.78. The Balaban J connectivity index is 1.72. The normalized spacial score (nSPS) is 14.9. The second kappa shape index (κ2) is 8.61. The average molecular weight is 412 g/mol. The van der Waals surface area contributed by atoms with E-state index in [-0.39, 0.29) is 16.2 Å². The van der Waals surface area contributed by atoms with Crippen molar-refractivity contribution >= 4 is 46.5 Å². The van der Waals surface area contributed by atoms with E-state index in [0.29, 0.717) is 11.3 Å². The number of amides is 3. The van der Waals surface area contributed by atoms with Gasteiger partial charge in [0.2, 0.25) is 5.91 Å². The largest absolute Gasteiger partial charge is 0.496 e. The Morgan fingerprint density at radius 3 is 2.66 bits per heavy atom. The fraction of sp³-hybridized carbons (Fsp3) is 0.100. The zero-order valence-corrected chi connectivity index (χ0v) is 16.1. The van der Waals surface area contributed by atoms with Crippen molar-refractivity contribution in [3.05, 3.63) is 64.6 Å². The molecule has 0 atom stereocenters. The van der Waals surface area contributed by atoms with Crippen LogP contribution in [0, 0.1) is 0 Å². The molecule has 2 N–H and O–H groups in total. The van der Waals surface area contributed by atoms with E-state index in [9.17, 15) is 19.2 Å². The number of carbonyl (C=O) groups excluding carboxylic acids is 3. The number of hydrogen-bond donors (Lipinski definition) is 2. The first kappa shape index (κ1) is 20.2. The van der Waals surface area contributed by atoms with Crippen molar-refractivity contribution in [3.63, 3.8) is 0 Å². The van der Waals surface area contributed by atoms with Gasteiger partial charge in [-0.1, -0.05) is 24.3 Å². The van der Waals surface area contributed by atoms with Crippen LogP contribution < -0.4 is 10.1 Å². The first-order chi connectivity index (χ1) is 13.9. The summed E-state index contributed by atoms with van der Waals surface area (Å²) in [5.41, 5.74) is 0.899. The van der Waals surface area contributed by atoms with Crippen LogP contribution in [-0.2, 0) is 9.59 Å². The molecular weight excluding hydrogens is 396 g/mol. The molecule has 1 heterocycles. The predicted molar refractivity (Wildman–Crippen MR) is 108 cm³/mol. The Kier molecular flexibility index (Phi) is 5.99.